The Balaban J connectivity index is 2.01. The zero-order chi connectivity index (χ0) is 13.8. The van der Waals surface area contributed by atoms with Crippen molar-refractivity contribution in [2.45, 2.75) is 25.8 Å². The molecule has 0 radical (unpaired) electrons. The van der Waals surface area contributed by atoms with E-state index >= 15 is 0 Å². The van der Waals surface area contributed by atoms with E-state index in [9.17, 15) is 4.79 Å². The van der Waals surface area contributed by atoms with E-state index < -0.39 is 0 Å². The molecule has 19 heavy (non-hydrogen) atoms. The van der Waals surface area contributed by atoms with Crippen molar-refractivity contribution in [2.24, 2.45) is 5.92 Å². The lowest BCUT2D eigenvalue weighted by atomic mass is 9.93. The van der Waals surface area contributed by atoms with Crippen LogP contribution in [0.1, 0.15) is 30.1 Å². The molecule has 1 aliphatic heterocycles. The molecule has 104 valence electrons. The van der Waals surface area contributed by atoms with Gasteiger partial charge in [0, 0.05) is 27.3 Å². The van der Waals surface area contributed by atoms with Gasteiger partial charge in [-0.25, -0.2) is 0 Å². The highest BCUT2D eigenvalue weighted by atomic mass is 127. The number of halogens is 2. The van der Waals surface area contributed by atoms with E-state index in [-0.39, 0.29) is 11.9 Å². The van der Waals surface area contributed by atoms with Gasteiger partial charge in [0.05, 0.1) is 5.56 Å². The van der Waals surface area contributed by atoms with E-state index in [4.69, 9.17) is 4.74 Å². The van der Waals surface area contributed by atoms with Crippen molar-refractivity contribution in [1.29, 1.82) is 0 Å². The van der Waals surface area contributed by atoms with Gasteiger partial charge in [0.15, 0.2) is 0 Å². The molecule has 1 unspecified atom stereocenters. The minimum Gasteiger partial charge on any atom is -0.381 e. The van der Waals surface area contributed by atoms with Crippen molar-refractivity contribution in [3.63, 3.8) is 0 Å². The number of benzene rings is 1. The van der Waals surface area contributed by atoms with Crippen LogP contribution in [-0.2, 0) is 4.74 Å². The number of rotatable bonds is 3. The summed E-state index contributed by atoms with van der Waals surface area (Å²) in [6, 6.07) is 5.97. The zero-order valence-electron chi connectivity index (χ0n) is 10.8. The molecule has 1 atom stereocenters. The van der Waals surface area contributed by atoms with Gasteiger partial charge in [0.25, 0.3) is 5.91 Å². The normalized spacial score (nSPS) is 18.1. The first-order valence-corrected chi connectivity index (χ1v) is 8.29. The highest BCUT2D eigenvalue weighted by molar-refractivity contribution is 14.1. The summed E-state index contributed by atoms with van der Waals surface area (Å²) in [4.78, 5) is 12.3. The fraction of sp³-hybridized carbons (Fsp3) is 0.500. The molecule has 1 aromatic carbocycles. The van der Waals surface area contributed by atoms with Crippen molar-refractivity contribution >= 4 is 44.4 Å². The summed E-state index contributed by atoms with van der Waals surface area (Å²) in [6.45, 7) is 3.69. The average Bonchev–Trinajstić information content (AvgIpc) is 2.42. The summed E-state index contributed by atoms with van der Waals surface area (Å²) in [5.74, 6) is 0.503. The average molecular weight is 438 g/mol. The highest BCUT2D eigenvalue weighted by Gasteiger charge is 2.22. The Labute approximate surface area is 135 Å². The first-order chi connectivity index (χ1) is 9.08. The lowest BCUT2D eigenvalue weighted by Gasteiger charge is -2.28. The molecule has 0 bridgehead atoms. The molecule has 5 heteroatoms. The maximum Gasteiger partial charge on any atom is 0.252 e. The summed E-state index contributed by atoms with van der Waals surface area (Å²) < 4.78 is 7.25. The van der Waals surface area contributed by atoms with Crippen LogP contribution in [0.3, 0.4) is 0 Å². The van der Waals surface area contributed by atoms with Crippen molar-refractivity contribution in [2.75, 3.05) is 13.2 Å². The van der Waals surface area contributed by atoms with E-state index in [0.29, 0.717) is 11.5 Å². The Morgan fingerprint density at radius 2 is 2.16 bits per heavy atom. The van der Waals surface area contributed by atoms with Crippen molar-refractivity contribution in [3.05, 3.63) is 31.8 Å². The molecule has 1 aliphatic rings. The van der Waals surface area contributed by atoms with E-state index in [1.54, 1.807) is 0 Å². The molecule has 1 amide bonds. The summed E-state index contributed by atoms with van der Waals surface area (Å²) in [5, 5.41) is 3.11. The van der Waals surface area contributed by atoms with Crippen LogP contribution in [0.2, 0.25) is 0 Å². The molecular formula is C14H17BrINO2. The third kappa shape index (κ3) is 4.16. The molecule has 0 aromatic heterocycles. The highest BCUT2D eigenvalue weighted by Crippen LogP contribution is 2.22. The van der Waals surface area contributed by atoms with Crippen LogP contribution in [0, 0.1) is 9.49 Å². The predicted molar refractivity (Wildman–Crippen MR) is 87.3 cm³/mol. The summed E-state index contributed by atoms with van der Waals surface area (Å²) in [5.41, 5.74) is 0.700. The summed E-state index contributed by atoms with van der Waals surface area (Å²) in [7, 11) is 0. The van der Waals surface area contributed by atoms with Crippen LogP contribution in [0.4, 0.5) is 0 Å². The number of hydrogen-bond donors (Lipinski definition) is 1. The number of nitrogens with one attached hydrogen (secondary N) is 1. The van der Waals surface area contributed by atoms with Crippen molar-refractivity contribution in [1.82, 2.24) is 5.32 Å². The first kappa shape index (κ1) is 15.3. The number of carbonyl (C=O) groups is 1. The molecule has 1 aromatic rings. The Morgan fingerprint density at radius 3 is 2.84 bits per heavy atom. The van der Waals surface area contributed by atoms with Crippen molar-refractivity contribution < 1.29 is 9.53 Å². The van der Waals surface area contributed by atoms with Crippen LogP contribution in [0.25, 0.3) is 0 Å². The topological polar surface area (TPSA) is 38.3 Å². The SMILES string of the molecule is CC(NC(=O)c1cc(I)ccc1Br)C1CCOCC1. The molecule has 0 spiro atoms. The van der Waals surface area contributed by atoms with Gasteiger partial charge in [-0.3, -0.25) is 4.79 Å². The van der Waals surface area contributed by atoms with Crippen LogP contribution >= 0.6 is 38.5 Å². The molecule has 1 fully saturated rings. The Morgan fingerprint density at radius 1 is 1.47 bits per heavy atom. The van der Waals surface area contributed by atoms with Gasteiger partial charge in [0.2, 0.25) is 0 Å². The lowest BCUT2D eigenvalue weighted by molar-refractivity contribution is 0.0538. The van der Waals surface area contributed by atoms with Gasteiger partial charge >= 0.3 is 0 Å². The number of hydrogen-bond acceptors (Lipinski definition) is 2. The van der Waals surface area contributed by atoms with Gasteiger partial charge in [-0.1, -0.05) is 0 Å². The van der Waals surface area contributed by atoms with Crippen LogP contribution in [0.5, 0.6) is 0 Å². The summed E-state index contributed by atoms with van der Waals surface area (Å²) in [6.07, 6.45) is 2.05. The standard InChI is InChI=1S/C14H17BrINO2/c1-9(10-4-6-19-7-5-10)17-14(18)12-8-11(16)2-3-13(12)15/h2-3,8-10H,4-7H2,1H3,(H,17,18). The largest absolute Gasteiger partial charge is 0.381 e. The van der Waals surface area contributed by atoms with Gasteiger partial charge < -0.3 is 10.1 Å². The van der Waals surface area contributed by atoms with E-state index in [1.807, 2.05) is 18.2 Å². The second-order valence-corrected chi connectivity index (χ2v) is 6.94. The molecule has 3 nitrogen and oxygen atoms in total. The third-order valence-corrected chi connectivity index (χ3v) is 4.87. The number of amides is 1. The number of carbonyl (C=O) groups excluding carboxylic acids is 1. The molecular weight excluding hydrogens is 421 g/mol. The molecule has 1 saturated heterocycles. The molecule has 1 N–H and O–H groups in total. The molecule has 2 rings (SSSR count). The minimum absolute atomic E-state index is 0.00983. The number of ether oxygens (including phenoxy) is 1. The monoisotopic (exact) mass is 437 g/mol. The zero-order valence-corrected chi connectivity index (χ0v) is 14.5. The van der Waals surface area contributed by atoms with E-state index in [0.717, 1.165) is 34.1 Å². The Bertz CT molecular complexity index is 461. The van der Waals surface area contributed by atoms with E-state index in [2.05, 4.69) is 50.8 Å². The predicted octanol–water partition coefficient (Wildman–Crippen LogP) is 3.60. The van der Waals surface area contributed by atoms with Crippen LogP contribution < -0.4 is 5.32 Å². The molecule has 0 aliphatic carbocycles. The second-order valence-electron chi connectivity index (χ2n) is 4.84. The lowest BCUT2D eigenvalue weighted by Crippen LogP contribution is -2.40. The first-order valence-electron chi connectivity index (χ1n) is 6.41. The third-order valence-electron chi connectivity index (χ3n) is 3.50. The smallest absolute Gasteiger partial charge is 0.252 e. The van der Waals surface area contributed by atoms with Gasteiger partial charge in [-0.05, 0) is 82.4 Å². The second kappa shape index (κ2) is 7.04. The Kier molecular flexibility index (Phi) is 5.65. The summed E-state index contributed by atoms with van der Waals surface area (Å²) >= 11 is 5.65. The molecule has 0 saturated carbocycles. The minimum atomic E-state index is -0.00983. The fourth-order valence-corrected chi connectivity index (χ4v) is 3.21. The van der Waals surface area contributed by atoms with Gasteiger partial charge in [0.1, 0.15) is 0 Å². The fourth-order valence-electron chi connectivity index (χ4n) is 2.29. The quantitative estimate of drug-likeness (QED) is 0.733. The van der Waals surface area contributed by atoms with Crippen LogP contribution in [0.15, 0.2) is 22.7 Å². The van der Waals surface area contributed by atoms with Crippen molar-refractivity contribution in [3.8, 4) is 0 Å². The van der Waals surface area contributed by atoms with Crippen LogP contribution in [-0.4, -0.2) is 25.2 Å². The molecule has 1 heterocycles. The maximum atomic E-state index is 12.3. The van der Waals surface area contributed by atoms with Gasteiger partial charge in [-0.15, -0.1) is 0 Å². The maximum absolute atomic E-state index is 12.3. The van der Waals surface area contributed by atoms with E-state index in [1.165, 1.54) is 0 Å². The van der Waals surface area contributed by atoms with Gasteiger partial charge in [-0.2, -0.15) is 0 Å². The Hall–Kier alpha value is -0.140.